The molecule has 0 saturated carbocycles. The lowest BCUT2D eigenvalue weighted by atomic mass is 10.2. The quantitative estimate of drug-likeness (QED) is 0.848. The number of fused-ring (bicyclic) bond motifs is 1. The zero-order chi connectivity index (χ0) is 15.0. The molecule has 1 fully saturated rings. The molecule has 0 bridgehead atoms. The average molecular weight is 288 g/mol. The van der Waals surface area contributed by atoms with E-state index in [0.717, 1.165) is 31.0 Å². The van der Waals surface area contributed by atoms with E-state index in [4.69, 9.17) is 0 Å². The van der Waals surface area contributed by atoms with Crippen LogP contribution in [0.25, 0.3) is 5.78 Å². The Morgan fingerprint density at radius 3 is 3.00 bits per heavy atom. The van der Waals surface area contributed by atoms with Gasteiger partial charge in [0.2, 0.25) is 5.91 Å². The maximum absolute atomic E-state index is 12.4. The van der Waals surface area contributed by atoms with Crippen LogP contribution in [-0.4, -0.2) is 56.1 Å². The van der Waals surface area contributed by atoms with Crippen molar-refractivity contribution in [2.45, 2.75) is 33.2 Å². The molecule has 0 unspecified atom stereocenters. The van der Waals surface area contributed by atoms with E-state index in [1.807, 2.05) is 24.8 Å². The first kappa shape index (κ1) is 13.9. The van der Waals surface area contributed by atoms with Crippen LogP contribution in [-0.2, 0) is 11.2 Å². The zero-order valence-corrected chi connectivity index (χ0v) is 12.6. The summed E-state index contributed by atoms with van der Waals surface area (Å²) >= 11 is 0. The van der Waals surface area contributed by atoms with Crippen LogP contribution < -0.4 is 5.32 Å². The molecule has 1 saturated heterocycles. The molecule has 0 aromatic carbocycles. The second-order valence-electron chi connectivity index (χ2n) is 5.60. The van der Waals surface area contributed by atoms with Crippen molar-refractivity contribution >= 4 is 11.7 Å². The van der Waals surface area contributed by atoms with Crippen LogP contribution in [0.15, 0.2) is 6.07 Å². The number of piperazine rings is 1. The van der Waals surface area contributed by atoms with Crippen LogP contribution >= 0.6 is 0 Å². The fourth-order valence-corrected chi connectivity index (χ4v) is 2.73. The minimum atomic E-state index is 0.0780. The molecule has 0 spiro atoms. The van der Waals surface area contributed by atoms with Crippen molar-refractivity contribution in [1.82, 2.24) is 29.8 Å². The van der Waals surface area contributed by atoms with Crippen LogP contribution in [0.3, 0.4) is 0 Å². The Kier molecular flexibility index (Phi) is 3.59. The van der Waals surface area contributed by atoms with Crippen molar-refractivity contribution in [3.05, 3.63) is 23.3 Å². The first-order chi connectivity index (χ1) is 10.0. The Hall–Kier alpha value is -2.02. The van der Waals surface area contributed by atoms with Crippen molar-refractivity contribution in [3.8, 4) is 0 Å². The molecular formula is C14H20N6O. The van der Waals surface area contributed by atoms with E-state index >= 15 is 0 Å². The molecule has 7 nitrogen and oxygen atoms in total. The molecule has 1 N–H and O–H groups in total. The molecule has 21 heavy (non-hydrogen) atoms. The van der Waals surface area contributed by atoms with Gasteiger partial charge in [-0.2, -0.15) is 4.98 Å². The maximum atomic E-state index is 12.4. The number of nitrogens with one attached hydrogen (secondary N) is 1. The molecule has 1 aliphatic rings. The lowest BCUT2D eigenvalue weighted by Gasteiger charge is -2.33. The highest BCUT2D eigenvalue weighted by molar-refractivity contribution is 5.78. The standard InChI is InChI=1S/C14H20N6O/c1-9-6-10(2)20-14(16-9)17-12(18-20)7-13(21)19-5-4-15-8-11(19)3/h6,11,15H,4-5,7-8H2,1-3H3/t11-/m0/s1. The van der Waals surface area contributed by atoms with Crippen LogP contribution in [0.2, 0.25) is 0 Å². The highest BCUT2D eigenvalue weighted by atomic mass is 16.2. The highest BCUT2D eigenvalue weighted by Gasteiger charge is 2.24. The summed E-state index contributed by atoms with van der Waals surface area (Å²) in [6.45, 7) is 8.36. The van der Waals surface area contributed by atoms with E-state index in [9.17, 15) is 4.79 Å². The topological polar surface area (TPSA) is 75.4 Å². The van der Waals surface area contributed by atoms with Crippen molar-refractivity contribution in [1.29, 1.82) is 0 Å². The van der Waals surface area contributed by atoms with Gasteiger partial charge in [-0.3, -0.25) is 4.79 Å². The Balaban J connectivity index is 1.81. The third-order valence-electron chi connectivity index (χ3n) is 3.79. The van der Waals surface area contributed by atoms with Gasteiger partial charge in [0.05, 0.1) is 6.42 Å². The number of amides is 1. The minimum absolute atomic E-state index is 0.0780. The summed E-state index contributed by atoms with van der Waals surface area (Å²) in [5.41, 5.74) is 1.88. The summed E-state index contributed by atoms with van der Waals surface area (Å²) in [5.74, 6) is 1.17. The molecule has 2 aromatic rings. The highest BCUT2D eigenvalue weighted by Crippen LogP contribution is 2.09. The number of nitrogens with zero attached hydrogens (tertiary/aromatic N) is 5. The van der Waals surface area contributed by atoms with Crippen molar-refractivity contribution in [2.24, 2.45) is 0 Å². The lowest BCUT2D eigenvalue weighted by molar-refractivity contribution is -0.133. The van der Waals surface area contributed by atoms with E-state index in [1.165, 1.54) is 0 Å². The Morgan fingerprint density at radius 1 is 1.43 bits per heavy atom. The van der Waals surface area contributed by atoms with Gasteiger partial charge in [0.25, 0.3) is 5.78 Å². The predicted molar refractivity (Wildman–Crippen MR) is 78.0 cm³/mol. The van der Waals surface area contributed by atoms with E-state index in [0.29, 0.717) is 11.6 Å². The summed E-state index contributed by atoms with van der Waals surface area (Å²) in [5, 5.41) is 7.67. The molecular weight excluding hydrogens is 268 g/mol. The zero-order valence-electron chi connectivity index (χ0n) is 12.6. The van der Waals surface area contributed by atoms with Gasteiger partial charge in [0, 0.05) is 37.1 Å². The SMILES string of the molecule is Cc1cc(C)n2nc(CC(=O)N3CCNC[C@@H]3C)nc2n1. The lowest BCUT2D eigenvalue weighted by Crippen LogP contribution is -2.52. The molecule has 2 aromatic heterocycles. The Morgan fingerprint density at radius 2 is 2.24 bits per heavy atom. The molecule has 3 rings (SSSR count). The van der Waals surface area contributed by atoms with Crippen molar-refractivity contribution in [3.63, 3.8) is 0 Å². The van der Waals surface area contributed by atoms with E-state index in [-0.39, 0.29) is 18.4 Å². The van der Waals surface area contributed by atoms with Crippen LogP contribution in [0, 0.1) is 13.8 Å². The first-order valence-electron chi connectivity index (χ1n) is 7.24. The number of aryl methyl sites for hydroxylation is 2. The number of rotatable bonds is 2. The van der Waals surface area contributed by atoms with Crippen molar-refractivity contribution in [2.75, 3.05) is 19.6 Å². The van der Waals surface area contributed by atoms with E-state index in [1.54, 1.807) is 4.52 Å². The summed E-state index contributed by atoms with van der Waals surface area (Å²) in [4.78, 5) is 23.0. The molecule has 1 aliphatic heterocycles. The number of hydrogen-bond acceptors (Lipinski definition) is 5. The van der Waals surface area contributed by atoms with Gasteiger partial charge in [0.1, 0.15) is 0 Å². The van der Waals surface area contributed by atoms with Gasteiger partial charge < -0.3 is 10.2 Å². The summed E-state index contributed by atoms with van der Waals surface area (Å²) in [6.07, 6.45) is 0.228. The van der Waals surface area contributed by atoms with Gasteiger partial charge in [-0.1, -0.05) is 0 Å². The van der Waals surface area contributed by atoms with Gasteiger partial charge in [-0.25, -0.2) is 9.50 Å². The predicted octanol–water partition coefficient (Wildman–Crippen LogP) is 0.104. The minimum Gasteiger partial charge on any atom is -0.337 e. The number of hydrogen-bond donors (Lipinski definition) is 1. The van der Waals surface area contributed by atoms with Crippen LogP contribution in [0.1, 0.15) is 24.1 Å². The first-order valence-corrected chi connectivity index (χ1v) is 7.24. The number of carbonyl (C=O) groups excluding carboxylic acids is 1. The van der Waals surface area contributed by atoms with Gasteiger partial charge in [0.15, 0.2) is 5.82 Å². The fourth-order valence-electron chi connectivity index (χ4n) is 2.73. The normalized spacial score (nSPS) is 19.2. The van der Waals surface area contributed by atoms with Gasteiger partial charge >= 0.3 is 0 Å². The number of carbonyl (C=O) groups is 1. The summed E-state index contributed by atoms with van der Waals surface area (Å²) in [6, 6.07) is 2.16. The smallest absolute Gasteiger partial charge is 0.252 e. The maximum Gasteiger partial charge on any atom is 0.252 e. The molecule has 7 heteroatoms. The molecule has 112 valence electrons. The van der Waals surface area contributed by atoms with Crippen LogP contribution in [0.5, 0.6) is 0 Å². The third-order valence-corrected chi connectivity index (χ3v) is 3.79. The molecule has 0 radical (unpaired) electrons. The summed E-state index contributed by atoms with van der Waals surface area (Å²) < 4.78 is 1.69. The Bertz CT molecular complexity index is 679. The van der Waals surface area contributed by atoms with Crippen LogP contribution in [0.4, 0.5) is 0 Å². The second-order valence-corrected chi connectivity index (χ2v) is 5.60. The molecule has 0 aliphatic carbocycles. The largest absolute Gasteiger partial charge is 0.337 e. The van der Waals surface area contributed by atoms with E-state index < -0.39 is 0 Å². The third kappa shape index (κ3) is 2.73. The monoisotopic (exact) mass is 288 g/mol. The molecule has 1 amide bonds. The summed E-state index contributed by atoms with van der Waals surface area (Å²) in [7, 11) is 0. The fraction of sp³-hybridized carbons (Fsp3) is 0.571. The van der Waals surface area contributed by atoms with Crippen molar-refractivity contribution < 1.29 is 4.79 Å². The molecule has 1 atom stereocenters. The second kappa shape index (κ2) is 5.40. The average Bonchev–Trinajstić information content (AvgIpc) is 2.81. The number of aromatic nitrogens is 4. The van der Waals surface area contributed by atoms with E-state index in [2.05, 4.69) is 27.3 Å². The Labute approximate surface area is 123 Å². The van der Waals surface area contributed by atoms with Gasteiger partial charge in [-0.05, 0) is 26.8 Å². The van der Waals surface area contributed by atoms with Gasteiger partial charge in [-0.15, -0.1) is 5.10 Å². The molecule has 3 heterocycles.